The fourth-order valence-corrected chi connectivity index (χ4v) is 4.48. The number of rotatable bonds is 5. The number of carbonyl (C=O) groups is 2. The van der Waals surface area contributed by atoms with E-state index in [0.29, 0.717) is 25.4 Å². The molecule has 2 aromatic rings. The molecule has 1 fully saturated rings. The van der Waals surface area contributed by atoms with E-state index in [9.17, 15) is 14.0 Å². The summed E-state index contributed by atoms with van der Waals surface area (Å²) in [5.41, 5.74) is 2.48. The van der Waals surface area contributed by atoms with E-state index in [0.717, 1.165) is 25.0 Å². The van der Waals surface area contributed by atoms with Gasteiger partial charge in [0.15, 0.2) is 0 Å². The predicted octanol–water partition coefficient (Wildman–Crippen LogP) is 3.64. The van der Waals surface area contributed by atoms with Gasteiger partial charge in [-0.1, -0.05) is 12.1 Å². The summed E-state index contributed by atoms with van der Waals surface area (Å²) in [6.45, 7) is 1.85. The number of benzene rings is 2. The van der Waals surface area contributed by atoms with Crippen molar-refractivity contribution in [3.63, 3.8) is 0 Å². The average Bonchev–Trinajstić information content (AvgIpc) is 2.78. The Morgan fingerprint density at radius 2 is 1.97 bits per heavy atom. The number of carbonyl (C=O) groups excluding carboxylic acids is 2. The first kappa shape index (κ1) is 21.3. The fourth-order valence-electron chi connectivity index (χ4n) is 4.48. The van der Waals surface area contributed by atoms with E-state index in [1.54, 1.807) is 13.2 Å². The number of piperidine rings is 1. The molecule has 2 heterocycles. The molecular formula is C24H27FN2O4. The second-order valence-electron chi connectivity index (χ2n) is 8.06. The number of methoxy groups -OCH3 is 1. The molecule has 0 aliphatic carbocycles. The molecule has 0 bridgehead atoms. The molecule has 0 aromatic heterocycles. The van der Waals surface area contributed by atoms with E-state index >= 15 is 0 Å². The Balaban J connectivity index is 1.31. The molecule has 0 radical (unpaired) electrons. The Morgan fingerprint density at radius 3 is 2.71 bits per heavy atom. The maximum Gasteiger partial charge on any atom is 0.224 e. The molecular weight excluding hydrogens is 399 g/mol. The van der Waals surface area contributed by atoms with E-state index in [4.69, 9.17) is 9.47 Å². The molecule has 7 heteroatoms. The number of likely N-dealkylation sites (tertiary alicyclic amines) is 1. The van der Waals surface area contributed by atoms with Crippen molar-refractivity contribution < 1.29 is 23.5 Å². The van der Waals surface area contributed by atoms with Crippen molar-refractivity contribution in [2.75, 3.05) is 32.1 Å². The largest absolute Gasteiger partial charge is 0.497 e. The van der Waals surface area contributed by atoms with Crippen LogP contribution < -0.4 is 10.1 Å². The second kappa shape index (κ2) is 9.06. The van der Waals surface area contributed by atoms with Crippen LogP contribution in [0.15, 0.2) is 42.5 Å². The summed E-state index contributed by atoms with van der Waals surface area (Å²) in [5, 5.41) is 2.63. The molecule has 2 amide bonds. The van der Waals surface area contributed by atoms with Crippen molar-refractivity contribution in [1.82, 2.24) is 4.90 Å². The summed E-state index contributed by atoms with van der Waals surface area (Å²) in [6.07, 6.45) is 2.51. The smallest absolute Gasteiger partial charge is 0.224 e. The Hall–Kier alpha value is -2.93. The fraction of sp³-hybridized carbons (Fsp3) is 0.417. The molecule has 0 unspecified atom stereocenters. The van der Waals surface area contributed by atoms with Crippen molar-refractivity contribution >= 4 is 17.5 Å². The van der Waals surface area contributed by atoms with Gasteiger partial charge in [0.05, 0.1) is 19.3 Å². The molecule has 2 aromatic carbocycles. The van der Waals surface area contributed by atoms with Crippen LogP contribution >= 0.6 is 0 Å². The van der Waals surface area contributed by atoms with E-state index in [1.807, 2.05) is 11.0 Å². The molecule has 1 N–H and O–H groups in total. The van der Waals surface area contributed by atoms with Gasteiger partial charge in [0.25, 0.3) is 0 Å². The first-order valence-corrected chi connectivity index (χ1v) is 10.6. The van der Waals surface area contributed by atoms with Crippen LogP contribution in [-0.4, -0.2) is 43.5 Å². The number of hydrogen-bond acceptors (Lipinski definition) is 4. The lowest BCUT2D eigenvalue weighted by atomic mass is 9.79. The van der Waals surface area contributed by atoms with E-state index in [-0.39, 0.29) is 30.3 Å². The maximum atomic E-state index is 13.2. The first-order valence-electron chi connectivity index (χ1n) is 10.6. The first-order chi connectivity index (χ1) is 15.0. The highest BCUT2D eigenvalue weighted by molar-refractivity contribution is 5.93. The Bertz CT molecular complexity index is 970. The zero-order valence-corrected chi connectivity index (χ0v) is 17.7. The molecule has 1 spiro atoms. The predicted molar refractivity (Wildman–Crippen MR) is 114 cm³/mol. The molecule has 0 atom stereocenters. The molecule has 2 aliphatic rings. The summed E-state index contributed by atoms with van der Waals surface area (Å²) >= 11 is 0. The van der Waals surface area contributed by atoms with Crippen molar-refractivity contribution in [3.05, 3.63) is 59.4 Å². The van der Waals surface area contributed by atoms with Crippen LogP contribution in [0.2, 0.25) is 0 Å². The van der Waals surface area contributed by atoms with Crippen molar-refractivity contribution in [2.24, 2.45) is 0 Å². The number of anilines is 1. The molecule has 1 saturated heterocycles. The minimum atomic E-state index is -0.416. The minimum absolute atomic E-state index is 0.0463. The van der Waals surface area contributed by atoms with Gasteiger partial charge < -0.3 is 19.7 Å². The summed E-state index contributed by atoms with van der Waals surface area (Å²) in [6, 6.07) is 11.8. The quantitative estimate of drug-likeness (QED) is 0.793. The van der Waals surface area contributed by atoms with Gasteiger partial charge in [-0.15, -0.1) is 0 Å². The summed E-state index contributed by atoms with van der Waals surface area (Å²) in [5.74, 6) is 0.0851. The summed E-state index contributed by atoms with van der Waals surface area (Å²) in [7, 11) is 1.67. The molecule has 31 heavy (non-hydrogen) atoms. The molecule has 4 rings (SSSR count). The Kier molecular flexibility index (Phi) is 6.23. The Morgan fingerprint density at radius 1 is 1.16 bits per heavy atom. The van der Waals surface area contributed by atoms with Crippen LogP contribution in [0.5, 0.6) is 5.75 Å². The highest BCUT2D eigenvalue weighted by Crippen LogP contribution is 2.42. The maximum absolute atomic E-state index is 13.2. The van der Waals surface area contributed by atoms with Gasteiger partial charge in [0, 0.05) is 31.6 Å². The van der Waals surface area contributed by atoms with Crippen LogP contribution in [0.1, 0.15) is 36.8 Å². The van der Waals surface area contributed by atoms with Crippen LogP contribution in [0.4, 0.5) is 10.1 Å². The highest BCUT2D eigenvalue weighted by atomic mass is 19.1. The standard InChI is InChI=1S/C24H27FN2O4/c1-30-20-5-6-21-17(15-20)9-14-31-24(21)10-12-27(13-11-24)23(29)8-7-22(28)26-19-4-2-3-18(25)16-19/h2-6,15-16H,7-14H2,1H3,(H,26,28). The van der Waals surface area contributed by atoms with E-state index < -0.39 is 5.82 Å². The van der Waals surface area contributed by atoms with Crippen LogP contribution in [0.25, 0.3) is 0 Å². The minimum Gasteiger partial charge on any atom is -0.497 e. The summed E-state index contributed by atoms with van der Waals surface area (Å²) < 4.78 is 24.8. The topological polar surface area (TPSA) is 67.9 Å². The van der Waals surface area contributed by atoms with Crippen molar-refractivity contribution in [2.45, 2.75) is 37.7 Å². The third-order valence-electron chi connectivity index (χ3n) is 6.15. The monoisotopic (exact) mass is 426 g/mol. The molecule has 0 saturated carbocycles. The average molecular weight is 426 g/mol. The molecule has 6 nitrogen and oxygen atoms in total. The Labute approximate surface area is 181 Å². The van der Waals surface area contributed by atoms with Gasteiger partial charge in [0.1, 0.15) is 11.6 Å². The van der Waals surface area contributed by atoms with Crippen LogP contribution in [-0.2, 0) is 26.3 Å². The number of nitrogens with zero attached hydrogens (tertiary/aromatic N) is 1. The SMILES string of the molecule is COc1ccc2c(c1)CCOC21CCN(C(=O)CCC(=O)Nc2cccc(F)c2)CC1. The van der Waals surface area contributed by atoms with E-state index in [2.05, 4.69) is 17.4 Å². The van der Waals surface area contributed by atoms with E-state index in [1.165, 1.54) is 29.3 Å². The third kappa shape index (κ3) is 4.71. The molecule has 164 valence electrons. The lowest BCUT2D eigenvalue weighted by Crippen LogP contribution is -2.48. The van der Waals surface area contributed by atoms with Crippen molar-refractivity contribution in [3.8, 4) is 5.75 Å². The zero-order chi connectivity index (χ0) is 21.8. The van der Waals surface area contributed by atoms with Crippen LogP contribution in [0.3, 0.4) is 0 Å². The van der Waals surface area contributed by atoms with Gasteiger partial charge in [-0.2, -0.15) is 0 Å². The van der Waals surface area contributed by atoms with Gasteiger partial charge in [-0.25, -0.2) is 4.39 Å². The van der Waals surface area contributed by atoms with Gasteiger partial charge in [-0.05, 0) is 60.7 Å². The number of amides is 2. The zero-order valence-electron chi connectivity index (χ0n) is 17.7. The lowest BCUT2D eigenvalue weighted by Gasteiger charge is -2.45. The van der Waals surface area contributed by atoms with Gasteiger partial charge in [-0.3, -0.25) is 9.59 Å². The number of fused-ring (bicyclic) bond motifs is 2. The molecule has 2 aliphatic heterocycles. The lowest BCUT2D eigenvalue weighted by molar-refractivity contribution is -0.141. The normalized spacial score (nSPS) is 17.2. The summed E-state index contributed by atoms with van der Waals surface area (Å²) in [4.78, 5) is 26.6. The van der Waals surface area contributed by atoms with Gasteiger partial charge >= 0.3 is 0 Å². The number of ether oxygens (including phenoxy) is 2. The number of nitrogens with one attached hydrogen (secondary N) is 1. The second-order valence-corrected chi connectivity index (χ2v) is 8.06. The van der Waals surface area contributed by atoms with Gasteiger partial charge in [0.2, 0.25) is 11.8 Å². The number of halogens is 1. The highest BCUT2D eigenvalue weighted by Gasteiger charge is 2.41. The third-order valence-corrected chi connectivity index (χ3v) is 6.15. The number of hydrogen-bond donors (Lipinski definition) is 1. The van der Waals surface area contributed by atoms with Crippen molar-refractivity contribution in [1.29, 1.82) is 0 Å². The van der Waals surface area contributed by atoms with Crippen LogP contribution in [0, 0.1) is 5.82 Å².